The van der Waals surface area contributed by atoms with Gasteiger partial charge in [-0.2, -0.15) is 0 Å². The molecule has 72 valence electrons. The molecule has 0 bridgehead atoms. The van der Waals surface area contributed by atoms with Crippen LogP contribution in [0.25, 0.3) is 0 Å². The molecule has 0 aliphatic carbocycles. The summed E-state index contributed by atoms with van der Waals surface area (Å²) in [4.78, 5) is 2.36. The van der Waals surface area contributed by atoms with Gasteiger partial charge in [0.15, 0.2) is 0 Å². The predicted octanol–water partition coefficient (Wildman–Crippen LogP) is 1.90. The summed E-state index contributed by atoms with van der Waals surface area (Å²) in [7, 11) is 2.17. The minimum atomic E-state index is 0.0484. The molecule has 12 heavy (non-hydrogen) atoms. The van der Waals surface area contributed by atoms with E-state index in [0.717, 1.165) is 13.1 Å². The fourth-order valence-electron chi connectivity index (χ4n) is 2.06. The summed E-state index contributed by atoms with van der Waals surface area (Å²) in [6.45, 7) is 8.70. The summed E-state index contributed by atoms with van der Waals surface area (Å²) in [5.74, 6) is 0. The Hall–Kier alpha value is -0.0800. The molecule has 0 radical (unpaired) electrons. The zero-order valence-corrected chi connectivity index (χ0v) is 8.76. The fourth-order valence-corrected chi connectivity index (χ4v) is 2.06. The van der Waals surface area contributed by atoms with Crippen molar-refractivity contribution in [3.8, 4) is 0 Å². The Kier molecular flexibility index (Phi) is 3.13. The van der Waals surface area contributed by atoms with Crippen molar-refractivity contribution in [1.29, 1.82) is 0 Å². The second-order valence-corrected chi connectivity index (χ2v) is 4.48. The van der Waals surface area contributed by atoms with E-state index >= 15 is 0 Å². The third kappa shape index (κ3) is 2.76. The lowest BCUT2D eigenvalue weighted by molar-refractivity contribution is -0.132. The summed E-state index contributed by atoms with van der Waals surface area (Å²) < 4.78 is 5.94. The maximum atomic E-state index is 5.94. The summed E-state index contributed by atoms with van der Waals surface area (Å²) >= 11 is 0. The molecule has 0 spiro atoms. The molecule has 2 nitrogen and oxygen atoms in total. The molecular weight excluding hydrogens is 150 g/mol. The van der Waals surface area contributed by atoms with E-state index < -0.39 is 0 Å². The Morgan fingerprint density at radius 1 is 1.50 bits per heavy atom. The molecule has 1 heterocycles. The van der Waals surface area contributed by atoms with Crippen molar-refractivity contribution in [2.24, 2.45) is 0 Å². The molecule has 0 N–H and O–H groups in total. The first-order valence-corrected chi connectivity index (χ1v) is 4.90. The zero-order chi connectivity index (χ0) is 9.19. The summed E-state index contributed by atoms with van der Waals surface area (Å²) in [5.41, 5.74) is 0.0484. The van der Waals surface area contributed by atoms with Gasteiger partial charge >= 0.3 is 0 Å². The van der Waals surface area contributed by atoms with E-state index in [1.165, 1.54) is 12.8 Å². The van der Waals surface area contributed by atoms with Gasteiger partial charge in [-0.15, -0.1) is 0 Å². The SMILES string of the molecule is CCC[C@H]1CN(C)CC(C)(C)O1. The van der Waals surface area contributed by atoms with Crippen LogP contribution in [-0.4, -0.2) is 36.7 Å². The lowest BCUT2D eigenvalue weighted by Gasteiger charge is -2.41. The molecular formula is C10H21NO. The van der Waals surface area contributed by atoms with Gasteiger partial charge in [0.05, 0.1) is 11.7 Å². The lowest BCUT2D eigenvalue weighted by atomic mass is 10.0. The van der Waals surface area contributed by atoms with Gasteiger partial charge in [0, 0.05) is 13.1 Å². The summed E-state index contributed by atoms with van der Waals surface area (Å²) in [5, 5.41) is 0. The first-order chi connectivity index (χ1) is 5.53. The number of nitrogens with zero attached hydrogens (tertiary/aromatic N) is 1. The average molecular weight is 171 g/mol. The highest BCUT2D eigenvalue weighted by Crippen LogP contribution is 2.21. The topological polar surface area (TPSA) is 12.5 Å². The molecule has 1 fully saturated rings. The molecule has 0 amide bonds. The Balaban J connectivity index is 2.46. The molecule has 2 heteroatoms. The standard InChI is InChI=1S/C10H21NO/c1-5-6-9-7-11(4)8-10(2,3)12-9/h9H,5-8H2,1-4H3/t9-/m0/s1. The molecule has 0 saturated carbocycles. The predicted molar refractivity (Wildman–Crippen MR) is 51.4 cm³/mol. The van der Waals surface area contributed by atoms with Crippen molar-refractivity contribution >= 4 is 0 Å². The lowest BCUT2D eigenvalue weighted by Crippen LogP contribution is -2.51. The molecule has 1 rings (SSSR count). The van der Waals surface area contributed by atoms with Crippen LogP contribution in [0, 0.1) is 0 Å². The quantitative estimate of drug-likeness (QED) is 0.629. The van der Waals surface area contributed by atoms with Crippen molar-refractivity contribution in [2.45, 2.75) is 45.3 Å². The smallest absolute Gasteiger partial charge is 0.0757 e. The molecule has 1 atom stereocenters. The van der Waals surface area contributed by atoms with Crippen LogP contribution in [0.4, 0.5) is 0 Å². The Labute approximate surface area is 75.9 Å². The highest BCUT2D eigenvalue weighted by molar-refractivity contribution is 4.82. The van der Waals surface area contributed by atoms with Gasteiger partial charge in [0.1, 0.15) is 0 Å². The minimum absolute atomic E-state index is 0.0484. The van der Waals surface area contributed by atoms with Crippen LogP contribution < -0.4 is 0 Å². The van der Waals surface area contributed by atoms with Crippen LogP contribution >= 0.6 is 0 Å². The van der Waals surface area contributed by atoms with Crippen molar-refractivity contribution in [1.82, 2.24) is 4.90 Å². The van der Waals surface area contributed by atoms with Crippen LogP contribution in [0.1, 0.15) is 33.6 Å². The molecule has 0 aromatic heterocycles. The first-order valence-electron chi connectivity index (χ1n) is 4.90. The van der Waals surface area contributed by atoms with Crippen LogP contribution in [0.15, 0.2) is 0 Å². The number of hydrogen-bond donors (Lipinski definition) is 0. The average Bonchev–Trinajstić information content (AvgIpc) is 1.82. The fraction of sp³-hybridized carbons (Fsp3) is 1.00. The molecule has 0 aromatic carbocycles. The summed E-state index contributed by atoms with van der Waals surface area (Å²) in [6.07, 6.45) is 2.85. The third-order valence-corrected chi connectivity index (χ3v) is 2.26. The van der Waals surface area contributed by atoms with Gasteiger partial charge in [0.2, 0.25) is 0 Å². The number of morpholine rings is 1. The van der Waals surface area contributed by atoms with Gasteiger partial charge < -0.3 is 9.64 Å². The van der Waals surface area contributed by atoms with Crippen molar-refractivity contribution < 1.29 is 4.74 Å². The first kappa shape index (κ1) is 10.0. The molecule has 1 aliphatic heterocycles. The molecule has 1 aliphatic rings. The third-order valence-electron chi connectivity index (χ3n) is 2.26. The normalized spacial score (nSPS) is 30.5. The van der Waals surface area contributed by atoms with E-state index in [1.807, 2.05) is 0 Å². The summed E-state index contributed by atoms with van der Waals surface area (Å²) in [6, 6.07) is 0. The number of rotatable bonds is 2. The Morgan fingerprint density at radius 2 is 2.17 bits per heavy atom. The van der Waals surface area contributed by atoms with E-state index in [2.05, 4.69) is 32.7 Å². The molecule has 0 unspecified atom stereocenters. The van der Waals surface area contributed by atoms with E-state index in [-0.39, 0.29) is 5.60 Å². The van der Waals surface area contributed by atoms with Crippen molar-refractivity contribution in [3.05, 3.63) is 0 Å². The maximum absolute atomic E-state index is 5.94. The van der Waals surface area contributed by atoms with Gasteiger partial charge in [-0.25, -0.2) is 0 Å². The second-order valence-electron chi connectivity index (χ2n) is 4.48. The van der Waals surface area contributed by atoms with Gasteiger partial charge in [0.25, 0.3) is 0 Å². The van der Waals surface area contributed by atoms with E-state index in [0.29, 0.717) is 6.10 Å². The highest BCUT2D eigenvalue weighted by Gasteiger charge is 2.30. The van der Waals surface area contributed by atoms with Crippen LogP contribution in [0.5, 0.6) is 0 Å². The number of likely N-dealkylation sites (N-methyl/N-ethyl adjacent to an activating group) is 1. The number of ether oxygens (including phenoxy) is 1. The van der Waals surface area contributed by atoms with Crippen LogP contribution in [0.2, 0.25) is 0 Å². The van der Waals surface area contributed by atoms with Gasteiger partial charge in [-0.05, 0) is 27.3 Å². The van der Waals surface area contributed by atoms with Crippen LogP contribution in [0.3, 0.4) is 0 Å². The second kappa shape index (κ2) is 3.75. The van der Waals surface area contributed by atoms with E-state index in [1.54, 1.807) is 0 Å². The van der Waals surface area contributed by atoms with Crippen LogP contribution in [-0.2, 0) is 4.74 Å². The maximum Gasteiger partial charge on any atom is 0.0757 e. The zero-order valence-electron chi connectivity index (χ0n) is 8.76. The van der Waals surface area contributed by atoms with Gasteiger partial charge in [-0.3, -0.25) is 0 Å². The monoisotopic (exact) mass is 171 g/mol. The molecule has 0 aromatic rings. The van der Waals surface area contributed by atoms with Gasteiger partial charge in [-0.1, -0.05) is 13.3 Å². The highest BCUT2D eigenvalue weighted by atomic mass is 16.5. The van der Waals surface area contributed by atoms with E-state index in [9.17, 15) is 0 Å². The van der Waals surface area contributed by atoms with E-state index in [4.69, 9.17) is 4.74 Å². The minimum Gasteiger partial charge on any atom is -0.370 e. The number of hydrogen-bond acceptors (Lipinski definition) is 2. The van der Waals surface area contributed by atoms with Crippen molar-refractivity contribution in [2.75, 3.05) is 20.1 Å². The molecule has 1 saturated heterocycles. The largest absolute Gasteiger partial charge is 0.370 e. The Morgan fingerprint density at radius 3 is 2.67 bits per heavy atom. The van der Waals surface area contributed by atoms with Crippen molar-refractivity contribution in [3.63, 3.8) is 0 Å². The Bertz CT molecular complexity index is 145.